The SMILES string of the molecule is CC1(C=O)CCC(N)C1. The zero-order valence-electron chi connectivity index (χ0n) is 5.76. The van der Waals surface area contributed by atoms with Crippen molar-refractivity contribution in [3.63, 3.8) is 0 Å². The van der Waals surface area contributed by atoms with Crippen molar-refractivity contribution in [3.8, 4) is 0 Å². The molecule has 2 atom stereocenters. The monoisotopic (exact) mass is 127 g/mol. The summed E-state index contributed by atoms with van der Waals surface area (Å²) < 4.78 is 0. The van der Waals surface area contributed by atoms with Crippen LogP contribution in [0.3, 0.4) is 0 Å². The molecule has 0 bridgehead atoms. The van der Waals surface area contributed by atoms with Gasteiger partial charge in [-0.25, -0.2) is 0 Å². The van der Waals surface area contributed by atoms with Gasteiger partial charge in [-0.05, 0) is 19.3 Å². The molecule has 0 amide bonds. The summed E-state index contributed by atoms with van der Waals surface area (Å²) in [6.07, 6.45) is 3.89. The maximum Gasteiger partial charge on any atom is 0.125 e. The summed E-state index contributed by atoms with van der Waals surface area (Å²) in [5.41, 5.74) is 5.53. The molecule has 0 radical (unpaired) electrons. The van der Waals surface area contributed by atoms with E-state index >= 15 is 0 Å². The van der Waals surface area contributed by atoms with Gasteiger partial charge in [0, 0.05) is 11.5 Å². The van der Waals surface area contributed by atoms with Gasteiger partial charge in [0.2, 0.25) is 0 Å². The summed E-state index contributed by atoms with van der Waals surface area (Å²) in [5.74, 6) is 0. The lowest BCUT2D eigenvalue weighted by atomic mass is 9.91. The molecule has 2 nitrogen and oxygen atoms in total. The van der Waals surface area contributed by atoms with Crippen molar-refractivity contribution in [3.05, 3.63) is 0 Å². The second-order valence-corrected chi connectivity index (χ2v) is 3.27. The molecule has 1 rings (SSSR count). The van der Waals surface area contributed by atoms with E-state index in [2.05, 4.69) is 0 Å². The van der Waals surface area contributed by atoms with E-state index in [0.29, 0.717) is 0 Å². The third-order valence-corrected chi connectivity index (χ3v) is 2.10. The van der Waals surface area contributed by atoms with Crippen LogP contribution < -0.4 is 5.73 Å². The van der Waals surface area contributed by atoms with Crippen molar-refractivity contribution in [2.24, 2.45) is 11.1 Å². The maximum atomic E-state index is 10.4. The molecule has 1 saturated carbocycles. The van der Waals surface area contributed by atoms with Crippen molar-refractivity contribution in [2.45, 2.75) is 32.2 Å². The molecular weight excluding hydrogens is 114 g/mol. The standard InChI is InChI=1S/C7H13NO/c1-7(5-9)3-2-6(8)4-7/h5-6H,2-4,8H2,1H3. The van der Waals surface area contributed by atoms with Crippen molar-refractivity contribution in [2.75, 3.05) is 0 Å². The van der Waals surface area contributed by atoms with Gasteiger partial charge in [-0.1, -0.05) is 6.92 Å². The second kappa shape index (κ2) is 2.10. The Labute approximate surface area is 55.4 Å². The Morgan fingerprint density at radius 2 is 2.44 bits per heavy atom. The number of aldehydes is 1. The third kappa shape index (κ3) is 1.30. The molecule has 0 aliphatic heterocycles. The first-order chi connectivity index (χ1) is 4.16. The van der Waals surface area contributed by atoms with Crippen LogP contribution in [0.4, 0.5) is 0 Å². The predicted molar refractivity (Wildman–Crippen MR) is 36.0 cm³/mol. The van der Waals surface area contributed by atoms with E-state index in [-0.39, 0.29) is 11.5 Å². The van der Waals surface area contributed by atoms with Gasteiger partial charge in [0.05, 0.1) is 0 Å². The Bertz CT molecular complexity index is 124. The summed E-state index contributed by atoms with van der Waals surface area (Å²) in [6, 6.07) is 0.264. The quantitative estimate of drug-likeness (QED) is 0.527. The van der Waals surface area contributed by atoms with Crippen molar-refractivity contribution in [1.29, 1.82) is 0 Å². The molecule has 1 aliphatic carbocycles. The predicted octanol–water partition coefficient (Wildman–Crippen LogP) is 0.703. The topological polar surface area (TPSA) is 43.1 Å². The molecule has 2 heteroatoms. The summed E-state index contributed by atoms with van der Waals surface area (Å²) in [5, 5.41) is 0. The Morgan fingerprint density at radius 3 is 2.67 bits per heavy atom. The van der Waals surface area contributed by atoms with Crippen LogP contribution in [0.1, 0.15) is 26.2 Å². The molecule has 0 aromatic rings. The lowest BCUT2D eigenvalue weighted by Crippen LogP contribution is -2.19. The highest BCUT2D eigenvalue weighted by Gasteiger charge is 2.32. The summed E-state index contributed by atoms with van der Waals surface area (Å²) in [6.45, 7) is 1.98. The molecule has 0 spiro atoms. The van der Waals surface area contributed by atoms with Crippen LogP contribution in [0.2, 0.25) is 0 Å². The van der Waals surface area contributed by atoms with E-state index < -0.39 is 0 Å². The first kappa shape index (κ1) is 6.75. The fourth-order valence-electron chi connectivity index (χ4n) is 1.43. The van der Waals surface area contributed by atoms with Crippen LogP contribution >= 0.6 is 0 Å². The van der Waals surface area contributed by atoms with Crippen LogP contribution in [0.15, 0.2) is 0 Å². The maximum absolute atomic E-state index is 10.4. The van der Waals surface area contributed by atoms with Crippen molar-refractivity contribution in [1.82, 2.24) is 0 Å². The van der Waals surface area contributed by atoms with Crippen LogP contribution in [0.5, 0.6) is 0 Å². The van der Waals surface area contributed by atoms with Gasteiger partial charge in [0.1, 0.15) is 6.29 Å². The zero-order valence-corrected chi connectivity index (χ0v) is 5.76. The van der Waals surface area contributed by atoms with Crippen molar-refractivity contribution < 1.29 is 4.79 Å². The fraction of sp³-hybridized carbons (Fsp3) is 0.857. The van der Waals surface area contributed by atoms with Crippen molar-refractivity contribution >= 4 is 6.29 Å². The lowest BCUT2D eigenvalue weighted by Gasteiger charge is -2.13. The minimum absolute atomic E-state index is 0.0978. The third-order valence-electron chi connectivity index (χ3n) is 2.10. The lowest BCUT2D eigenvalue weighted by molar-refractivity contribution is -0.115. The largest absolute Gasteiger partial charge is 0.328 e. The van der Waals surface area contributed by atoms with Gasteiger partial charge >= 0.3 is 0 Å². The molecule has 1 aliphatic rings. The summed E-state index contributed by atoms with van der Waals surface area (Å²) >= 11 is 0. The fourth-order valence-corrected chi connectivity index (χ4v) is 1.43. The normalized spacial score (nSPS) is 43.1. The molecule has 0 heterocycles. The van der Waals surface area contributed by atoms with Gasteiger partial charge in [0.25, 0.3) is 0 Å². The highest BCUT2D eigenvalue weighted by molar-refractivity contribution is 5.59. The zero-order chi connectivity index (χ0) is 6.91. The molecule has 2 unspecified atom stereocenters. The average Bonchev–Trinajstić information content (AvgIpc) is 2.13. The molecule has 0 saturated heterocycles. The molecular formula is C7H13NO. The number of carbonyl (C=O) groups excluding carboxylic acids is 1. The van der Waals surface area contributed by atoms with E-state index in [4.69, 9.17) is 5.73 Å². The molecule has 1 fully saturated rings. The van der Waals surface area contributed by atoms with Gasteiger partial charge in [-0.2, -0.15) is 0 Å². The first-order valence-electron chi connectivity index (χ1n) is 3.38. The van der Waals surface area contributed by atoms with E-state index in [1.807, 2.05) is 6.92 Å². The molecule has 9 heavy (non-hydrogen) atoms. The van der Waals surface area contributed by atoms with Crippen LogP contribution in [0.25, 0.3) is 0 Å². The summed E-state index contributed by atoms with van der Waals surface area (Å²) in [7, 11) is 0. The number of hydrogen-bond donors (Lipinski definition) is 1. The number of hydrogen-bond acceptors (Lipinski definition) is 2. The Hall–Kier alpha value is -0.370. The number of carbonyl (C=O) groups is 1. The summed E-state index contributed by atoms with van der Waals surface area (Å²) in [4.78, 5) is 10.4. The van der Waals surface area contributed by atoms with E-state index in [1.54, 1.807) is 0 Å². The van der Waals surface area contributed by atoms with E-state index in [1.165, 1.54) is 0 Å². The van der Waals surface area contributed by atoms with E-state index in [0.717, 1.165) is 25.5 Å². The molecule has 0 aromatic heterocycles. The Morgan fingerprint density at radius 1 is 1.78 bits per heavy atom. The number of nitrogens with two attached hydrogens (primary N) is 1. The highest BCUT2D eigenvalue weighted by atomic mass is 16.1. The molecule has 52 valence electrons. The Kier molecular flexibility index (Phi) is 1.58. The van der Waals surface area contributed by atoms with Gasteiger partial charge in [-0.15, -0.1) is 0 Å². The van der Waals surface area contributed by atoms with Gasteiger partial charge in [0.15, 0.2) is 0 Å². The van der Waals surface area contributed by atoms with Crippen LogP contribution in [-0.2, 0) is 4.79 Å². The van der Waals surface area contributed by atoms with Crippen LogP contribution in [0, 0.1) is 5.41 Å². The number of rotatable bonds is 1. The van der Waals surface area contributed by atoms with Gasteiger partial charge in [-0.3, -0.25) is 0 Å². The smallest absolute Gasteiger partial charge is 0.125 e. The first-order valence-corrected chi connectivity index (χ1v) is 3.38. The van der Waals surface area contributed by atoms with E-state index in [9.17, 15) is 4.79 Å². The second-order valence-electron chi connectivity index (χ2n) is 3.27. The Balaban J connectivity index is 2.54. The van der Waals surface area contributed by atoms with Gasteiger partial charge < -0.3 is 10.5 Å². The van der Waals surface area contributed by atoms with Crippen LogP contribution in [-0.4, -0.2) is 12.3 Å². The molecule has 0 aromatic carbocycles. The average molecular weight is 127 g/mol. The minimum atomic E-state index is -0.0978. The highest BCUT2D eigenvalue weighted by Crippen LogP contribution is 2.34. The molecule has 2 N–H and O–H groups in total. The minimum Gasteiger partial charge on any atom is -0.328 e.